The Hall–Kier alpha value is -0.753. The lowest BCUT2D eigenvalue weighted by Crippen LogP contribution is -2.28. The Bertz CT molecular complexity index is 243. The maximum Gasteiger partial charge on any atom is 0.323 e. The van der Waals surface area contributed by atoms with Crippen LogP contribution in [0.2, 0.25) is 25.7 Å². The highest BCUT2D eigenvalue weighted by atomic mass is 28.3. The lowest BCUT2D eigenvalue weighted by atomic mass is 9.95. The highest BCUT2D eigenvalue weighted by Gasteiger charge is 2.27. The summed E-state index contributed by atoms with van der Waals surface area (Å²) in [4.78, 5) is 11.4. The van der Waals surface area contributed by atoms with Gasteiger partial charge in [0.05, 0.1) is 6.61 Å². The van der Waals surface area contributed by atoms with E-state index in [1.165, 1.54) is 0 Å². The molecule has 2 nitrogen and oxygen atoms in total. The van der Waals surface area contributed by atoms with Gasteiger partial charge in [0, 0.05) is 8.07 Å². The summed E-state index contributed by atoms with van der Waals surface area (Å²) in [5.74, 6) is 2.13. The summed E-state index contributed by atoms with van der Waals surface area (Å²) in [5.41, 5.74) is -0.792. The SMILES string of the molecule is C#CC(C)(C)C(=O)OCC[Si](C)(C)C. The molecule has 0 atom stereocenters. The molecular formula is C11H20O2Si. The number of carbonyl (C=O) groups excluding carboxylic acids is 1. The lowest BCUT2D eigenvalue weighted by molar-refractivity contribution is -0.150. The second-order valence-corrected chi connectivity index (χ2v) is 10.8. The summed E-state index contributed by atoms with van der Waals surface area (Å²) >= 11 is 0. The highest BCUT2D eigenvalue weighted by molar-refractivity contribution is 6.76. The third-order valence-electron chi connectivity index (χ3n) is 1.96. The fraction of sp³-hybridized carbons (Fsp3) is 0.727. The van der Waals surface area contributed by atoms with Gasteiger partial charge in [0.15, 0.2) is 0 Å². The summed E-state index contributed by atoms with van der Waals surface area (Å²) in [6.07, 6.45) is 5.22. The first-order valence-electron chi connectivity index (χ1n) is 4.84. The molecule has 0 radical (unpaired) electrons. The number of esters is 1. The minimum atomic E-state index is -1.12. The van der Waals surface area contributed by atoms with Gasteiger partial charge in [-0.15, -0.1) is 6.42 Å². The fourth-order valence-corrected chi connectivity index (χ4v) is 1.40. The molecule has 0 rings (SSSR count). The molecular weight excluding hydrogens is 192 g/mol. The van der Waals surface area contributed by atoms with Crippen molar-refractivity contribution in [1.82, 2.24) is 0 Å². The van der Waals surface area contributed by atoms with Crippen LogP contribution >= 0.6 is 0 Å². The average Bonchev–Trinajstić information content (AvgIpc) is 2.02. The van der Waals surface area contributed by atoms with Crippen LogP contribution in [0.5, 0.6) is 0 Å². The number of rotatable bonds is 4. The van der Waals surface area contributed by atoms with Crippen LogP contribution in [0, 0.1) is 17.8 Å². The van der Waals surface area contributed by atoms with E-state index in [-0.39, 0.29) is 5.97 Å². The van der Waals surface area contributed by atoms with E-state index in [9.17, 15) is 4.79 Å². The summed E-state index contributed by atoms with van der Waals surface area (Å²) < 4.78 is 5.13. The maximum atomic E-state index is 11.4. The zero-order chi connectivity index (χ0) is 11.4. The largest absolute Gasteiger partial charge is 0.465 e. The maximum absolute atomic E-state index is 11.4. The monoisotopic (exact) mass is 212 g/mol. The van der Waals surface area contributed by atoms with Crippen molar-refractivity contribution in [1.29, 1.82) is 0 Å². The minimum Gasteiger partial charge on any atom is -0.465 e. The topological polar surface area (TPSA) is 26.3 Å². The van der Waals surface area contributed by atoms with Crippen molar-refractivity contribution in [2.24, 2.45) is 5.41 Å². The molecule has 14 heavy (non-hydrogen) atoms. The molecule has 0 aromatic carbocycles. The molecule has 0 aromatic heterocycles. The van der Waals surface area contributed by atoms with Crippen LogP contribution in [-0.2, 0) is 9.53 Å². The van der Waals surface area contributed by atoms with E-state index in [0.717, 1.165) is 6.04 Å². The summed E-state index contributed by atoms with van der Waals surface area (Å²) in [5, 5.41) is 0. The first-order chi connectivity index (χ1) is 6.19. The molecule has 0 N–H and O–H groups in total. The van der Waals surface area contributed by atoms with Crippen molar-refractivity contribution in [3.8, 4) is 12.3 Å². The molecule has 0 aliphatic carbocycles. The average molecular weight is 212 g/mol. The van der Waals surface area contributed by atoms with Gasteiger partial charge in [-0.3, -0.25) is 4.79 Å². The van der Waals surface area contributed by atoms with Gasteiger partial charge < -0.3 is 4.74 Å². The van der Waals surface area contributed by atoms with Crippen molar-refractivity contribution in [2.75, 3.05) is 6.61 Å². The lowest BCUT2D eigenvalue weighted by Gasteiger charge is -2.19. The van der Waals surface area contributed by atoms with E-state index in [2.05, 4.69) is 25.6 Å². The van der Waals surface area contributed by atoms with Gasteiger partial charge in [-0.1, -0.05) is 25.6 Å². The normalized spacial score (nSPS) is 12.0. The Balaban J connectivity index is 3.95. The van der Waals surface area contributed by atoms with E-state index < -0.39 is 13.5 Å². The number of hydrogen-bond acceptors (Lipinski definition) is 2. The molecule has 3 heteroatoms. The second-order valence-electron chi connectivity index (χ2n) is 5.22. The van der Waals surface area contributed by atoms with E-state index in [4.69, 9.17) is 11.2 Å². The van der Waals surface area contributed by atoms with Crippen LogP contribution < -0.4 is 0 Å². The van der Waals surface area contributed by atoms with E-state index in [1.54, 1.807) is 13.8 Å². The summed E-state index contributed by atoms with van der Waals surface area (Å²) in [6, 6.07) is 0.986. The molecule has 0 saturated heterocycles. The Morgan fingerprint density at radius 2 is 1.93 bits per heavy atom. The summed E-state index contributed by atoms with van der Waals surface area (Å²) in [7, 11) is -1.12. The van der Waals surface area contributed by atoms with Gasteiger partial charge in [0.2, 0.25) is 0 Å². The van der Waals surface area contributed by atoms with Crippen LogP contribution in [0.1, 0.15) is 13.8 Å². The van der Waals surface area contributed by atoms with Crippen LogP contribution in [0.25, 0.3) is 0 Å². The Morgan fingerprint density at radius 3 is 2.29 bits per heavy atom. The molecule has 0 saturated carbocycles. The smallest absolute Gasteiger partial charge is 0.323 e. The van der Waals surface area contributed by atoms with Gasteiger partial charge in [-0.25, -0.2) is 0 Å². The Kier molecular flexibility index (Phi) is 4.40. The van der Waals surface area contributed by atoms with Crippen LogP contribution in [0.15, 0.2) is 0 Å². The first-order valence-corrected chi connectivity index (χ1v) is 8.55. The molecule has 80 valence electrons. The number of terminal acetylenes is 1. The molecule has 0 amide bonds. The number of hydrogen-bond donors (Lipinski definition) is 0. The van der Waals surface area contributed by atoms with Crippen LogP contribution in [0.4, 0.5) is 0 Å². The van der Waals surface area contributed by atoms with Gasteiger partial charge in [-0.05, 0) is 19.9 Å². The van der Waals surface area contributed by atoms with E-state index >= 15 is 0 Å². The van der Waals surface area contributed by atoms with Crippen molar-refractivity contribution in [3.05, 3.63) is 0 Å². The van der Waals surface area contributed by atoms with Crippen molar-refractivity contribution in [2.45, 2.75) is 39.5 Å². The Morgan fingerprint density at radius 1 is 1.43 bits per heavy atom. The predicted octanol–water partition coefficient (Wildman–Crippen LogP) is 2.53. The third-order valence-corrected chi connectivity index (χ3v) is 3.66. The fourth-order valence-electron chi connectivity index (χ4n) is 0.689. The Labute approximate surface area is 88.0 Å². The standard InChI is InChI=1S/C11H20O2Si/c1-7-11(2,3)10(12)13-8-9-14(4,5)6/h1H,8-9H2,2-6H3. The minimum absolute atomic E-state index is 0.293. The molecule has 0 aliphatic heterocycles. The molecule has 0 fully saturated rings. The molecule has 0 bridgehead atoms. The number of carbonyl (C=O) groups is 1. The molecule has 0 aromatic rings. The predicted molar refractivity (Wildman–Crippen MR) is 61.7 cm³/mol. The summed E-state index contributed by atoms with van der Waals surface area (Å²) in [6.45, 7) is 10.6. The quantitative estimate of drug-likeness (QED) is 0.407. The van der Waals surface area contributed by atoms with Gasteiger partial charge in [0.25, 0.3) is 0 Å². The van der Waals surface area contributed by atoms with Crippen molar-refractivity contribution < 1.29 is 9.53 Å². The zero-order valence-electron chi connectivity index (χ0n) is 9.81. The van der Waals surface area contributed by atoms with E-state index in [1.807, 2.05) is 0 Å². The molecule has 0 spiro atoms. The van der Waals surface area contributed by atoms with Gasteiger partial charge >= 0.3 is 5.97 Å². The van der Waals surface area contributed by atoms with Crippen molar-refractivity contribution >= 4 is 14.0 Å². The molecule has 0 heterocycles. The van der Waals surface area contributed by atoms with Crippen LogP contribution in [0.3, 0.4) is 0 Å². The van der Waals surface area contributed by atoms with E-state index in [0.29, 0.717) is 6.61 Å². The second kappa shape index (κ2) is 4.65. The highest BCUT2D eigenvalue weighted by Crippen LogP contribution is 2.16. The van der Waals surface area contributed by atoms with Crippen LogP contribution in [-0.4, -0.2) is 20.7 Å². The van der Waals surface area contributed by atoms with Crippen molar-refractivity contribution in [3.63, 3.8) is 0 Å². The van der Waals surface area contributed by atoms with Gasteiger partial charge in [0.1, 0.15) is 5.41 Å². The first kappa shape index (κ1) is 13.2. The zero-order valence-corrected chi connectivity index (χ0v) is 10.8. The number of ether oxygens (including phenoxy) is 1. The molecule has 0 aliphatic rings. The third kappa shape index (κ3) is 5.08. The molecule has 0 unspecified atom stereocenters. The van der Waals surface area contributed by atoms with Gasteiger partial charge in [-0.2, -0.15) is 0 Å².